The lowest BCUT2D eigenvalue weighted by Gasteiger charge is -2.31. The molecule has 2 heterocycles. The summed E-state index contributed by atoms with van der Waals surface area (Å²) in [5, 5.41) is 16.2. The number of hydrogen-bond donors (Lipinski definition) is 2. The van der Waals surface area contributed by atoms with Crippen LogP contribution in [0, 0.1) is 24.2 Å². The van der Waals surface area contributed by atoms with Crippen LogP contribution in [0.15, 0.2) is 91.0 Å². The van der Waals surface area contributed by atoms with Crippen LogP contribution in [-0.4, -0.2) is 47.0 Å². The summed E-state index contributed by atoms with van der Waals surface area (Å²) < 4.78 is 12.0. The van der Waals surface area contributed by atoms with E-state index in [0.29, 0.717) is 17.1 Å². The van der Waals surface area contributed by atoms with Gasteiger partial charge in [0.25, 0.3) is 0 Å². The number of aliphatic carboxylic acids is 1. The van der Waals surface area contributed by atoms with Crippen molar-refractivity contribution in [2.75, 3.05) is 13.7 Å². The number of carbonyl (C=O) groups excluding carboxylic acids is 2. The summed E-state index contributed by atoms with van der Waals surface area (Å²) in [6, 6.07) is 27.6. The third-order valence-corrected chi connectivity index (χ3v) is 8.69. The van der Waals surface area contributed by atoms with Crippen molar-refractivity contribution in [3.8, 4) is 23.8 Å². The first-order valence-corrected chi connectivity index (χ1v) is 14.5. The summed E-state index contributed by atoms with van der Waals surface area (Å²) in [5.74, 6) is -1.07. The predicted molar refractivity (Wildman–Crippen MR) is 165 cm³/mol. The normalized spacial score (nSPS) is 22.5. The molecule has 4 atom stereocenters. The van der Waals surface area contributed by atoms with Gasteiger partial charge >= 0.3 is 5.97 Å². The molecule has 2 aliphatic rings. The zero-order valence-electron chi connectivity index (χ0n) is 24.2. The fourth-order valence-corrected chi connectivity index (χ4v) is 6.65. The molecule has 44 heavy (non-hydrogen) atoms. The summed E-state index contributed by atoms with van der Waals surface area (Å²) in [6.07, 6.45) is 5.63. The van der Waals surface area contributed by atoms with Crippen molar-refractivity contribution in [3.05, 3.63) is 108 Å². The molecule has 0 radical (unpaired) electrons. The van der Waals surface area contributed by atoms with Gasteiger partial charge in [0, 0.05) is 31.0 Å². The minimum absolute atomic E-state index is 0.0169. The summed E-state index contributed by atoms with van der Waals surface area (Å²) in [7, 11) is 1.52. The maximum atomic E-state index is 14.0. The molecule has 0 aromatic heterocycles. The monoisotopic (exact) mass is 588 g/mol. The number of benzene rings is 4. The van der Waals surface area contributed by atoms with Crippen LogP contribution in [0.4, 0.5) is 0 Å². The lowest BCUT2D eigenvalue weighted by molar-refractivity contribution is -0.151. The molecule has 222 valence electrons. The third-order valence-electron chi connectivity index (χ3n) is 8.69. The summed E-state index contributed by atoms with van der Waals surface area (Å²) in [4.78, 5) is 42.5. The number of carbonyl (C=O) groups is 3. The molecule has 4 aromatic carbocycles. The molecule has 2 fully saturated rings. The molecule has 2 aliphatic heterocycles. The molecule has 4 unspecified atom stereocenters. The van der Waals surface area contributed by atoms with E-state index >= 15 is 0 Å². The molecule has 8 nitrogen and oxygen atoms in total. The van der Waals surface area contributed by atoms with Gasteiger partial charge in [0.1, 0.15) is 12.1 Å². The number of methoxy groups -OCH3 is 1. The second-order valence-corrected chi connectivity index (χ2v) is 11.2. The third kappa shape index (κ3) is 4.95. The van der Waals surface area contributed by atoms with Crippen molar-refractivity contribution in [1.82, 2.24) is 10.2 Å². The van der Waals surface area contributed by atoms with Crippen molar-refractivity contribution < 1.29 is 29.0 Å². The lowest BCUT2D eigenvalue weighted by Crippen LogP contribution is -2.57. The number of likely N-dealkylation sites (tertiary alicyclic amines) is 1. The van der Waals surface area contributed by atoms with E-state index in [2.05, 4.69) is 11.2 Å². The van der Waals surface area contributed by atoms with Gasteiger partial charge in [-0.1, -0.05) is 84.9 Å². The number of carboxylic acid groups (broad SMARTS) is 1. The standard InChI is InChI=1S/C36H32N2O6/c1-3-4-19-38-33(39)29-30(34(38)40)36(35(41)42,21-24-17-18-25-13-8-9-14-26(25)20-24)37-31(29)27-15-10-16-28(43-2)32(27)44-22-23-11-6-5-7-12-23/h1,5-18,20,29-31,37H,4,19,21-22H2,2H3,(H,41,42). The molecule has 0 bridgehead atoms. The van der Waals surface area contributed by atoms with Gasteiger partial charge in [0.05, 0.1) is 18.9 Å². The quantitative estimate of drug-likeness (QED) is 0.203. The highest BCUT2D eigenvalue weighted by atomic mass is 16.5. The van der Waals surface area contributed by atoms with Gasteiger partial charge in [-0.3, -0.25) is 24.6 Å². The number of terminal acetylenes is 1. The highest BCUT2D eigenvalue weighted by molar-refractivity contribution is 6.09. The zero-order chi connectivity index (χ0) is 30.8. The van der Waals surface area contributed by atoms with Crippen molar-refractivity contribution in [2.45, 2.75) is 31.0 Å². The first-order chi connectivity index (χ1) is 21.4. The highest BCUT2D eigenvalue weighted by Gasteiger charge is 2.68. The fraction of sp³-hybridized carbons (Fsp3) is 0.250. The number of ether oxygens (including phenoxy) is 2. The van der Waals surface area contributed by atoms with E-state index in [0.717, 1.165) is 26.8 Å². The highest BCUT2D eigenvalue weighted by Crippen LogP contribution is 2.52. The molecular weight excluding hydrogens is 556 g/mol. The molecular formula is C36H32N2O6. The number of amides is 2. The first kappa shape index (κ1) is 29.0. The van der Waals surface area contributed by atoms with Crippen LogP contribution in [0.25, 0.3) is 10.8 Å². The number of para-hydroxylation sites is 1. The Bertz CT molecular complexity index is 1780. The maximum absolute atomic E-state index is 14.0. The fourth-order valence-electron chi connectivity index (χ4n) is 6.65. The number of carboxylic acids is 1. The Morgan fingerprint density at radius 1 is 0.955 bits per heavy atom. The van der Waals surface area contributed by atoms with Crippen molar-refractivity contribution in [3.63, 3.8) is 0 Å². The van der Waals surface area contributed by atoms with Crippen molar-refractivity contribution in [1.29, 1.82) is 0 Å². The Balaban J connectivity index is 1.46. The van der Waals surface area contributed by atoms with Gasteiger partial charge in [0.15, 0.2) is 11.5 Å². The van der Waals surface area contributed by atoms with E-state index in [1.54, 1.807) is 18.2 Å². The van der Waals surface area contributed by atoms with Crippen LogP contribution in [0.2, 0.25) is 0 Å². The minimum Gasteiger partial charge on any atom is -0.493 e. The van der Waals surface area contributed by atoms with Gasteiger partial charge in [-0.25, -0.2) is 0 Å². The number of nitrogens with zero attached hydrogens (tertiary/aromatic N) is 1. The van der Waals surface area contributed by atoms with Gasteiger partial charge < -0.3 is 14.6 Å². The van der Waals surface area contributed by atoms with Crippen LogP contribution in [-0.2, 0) is 27.4 Å². The second kappa shape index (κ2) is 11.9. The van der Waals surface area contributed by atoms with Crippen LogP contribution >= 0.6 is 0 Å². The Morgan fingerprint density at radius 3 is 2.43 bits per heavy atom. The summed E-state index contributed by atoms with van der Waals surface area (Å²) >= 11 is 0. The van der Waals surface area contributed by atoms with E-state index in [4.69, 9.17) is 15.9 Å². The number of rotatable bonds is 10. The number of fused-ring (bicyclic) bond motifs is 2. The van der Waals surface area contributed by atoms with Gasteiger partial charge in [-0.2, -0.15) is 0 Å². The molecule has 8 heteroatoms. The zero-order valence-corrected chi connectivity index (χ0v) is 24.2. The molecule has 0 aliphatic carbocycles. The Hall–Kier alpha value is -5.13. The van der Waals surface area contributed by atoms with E-state index in [9.17, 15) is 19.5 Å². The summed E-state index contributed by atoms with van der Waals surface area (Å²) in [6.45, 7) is 0.242. The van der Waals surface area contributed by atoms with E-state index in [1.165, 1.54) is 7.11 Å². The van der Waals surface area contributed by atoms with E-state index < -0.39 is 41.2 Å². The van der Waals surface area contributed by atoms with E-state index in [-0.39, 0.29) is 26.0 Å². The predicted octanol–water partition coefficient (Wildman–Crippen LogP) is 4.76. The molecule has 2 N–H and O–H groups in total. The number of nitrogens with one attached hydrogen (secondary N) is 1. The topological polar surface area (TPSA) is 105 Å². The Labute approximate surface area is 255 Å². The molecule has 0 spiro atoms. The minimum atomic E-state index is -1.78. The lowest BCUT2D eigenvalue weighted by atomic mass is 9.76. The van der Waals surface area contributed by atoms with Gasteiger partial charge in [0.2, 0.25) is 11.8 Å². The smallest absolute Gasteiger partial charge is 0.325 e. The molecule has 2 saturated heterocycles. The van der Waals surface area contributed by atoms with Gasteiger partial charge in [-0.05, 0) is 28.0 Å². The molecule has 4 aromatic rings. The van der Waals surface area contributed by atoms with Crippen LogP contribution in [0.5, 0.6) is 11.5 Å². The van der Waals surface area contributed by atoms with Crippen LogP contribution in [0.3, 0.4) is 0 Å². The SMILES string of the molecule is C#CCCN1C(=O)C2C(c3cccc(OC)c3OCc3ccccc3)NC(Cc3ccc4ccccc4c3)(C(=O)O)C2C1=O. The Morgan fingerprint density at radius 2 is 1.70 bits per heavy atom. The molecule has 0 saturated carbocycles. The van der Waals surface area contributed by atoms with Gasteiger partial charge in [-0.15, -0.1) is 12.3 Å². The first-order valence-electron chi connectivity index (χ1n) is 14.5. The molecule has 6 rings (SSSR count). The average molecular weight is 589 g/mol. The average Bonchev–Trinajstić information content (AvgIpc) is 3.52. The van der Waals surface area contributed by atoms with Crippen LogP contribution < -0.4 is 14.8 Å². The van der Waals surface area contributed by atoms with Crippen LogP contribution in [0.1, 0.15) is 29.2 Å². The van der Waals surface area contributed by atoms with E-state index in [1.807, 2.05) is 72.8 Å². The maximum Gasteiger partial charge on any atom is 0.325 e. The number of imide groups is 1. The largest absolute Gasteiger partial charge is 0.493 e. The number of hydrogen-bond acceptors (Lipinski definition) is 6. The Kier molecular flexibility index (Phi) is 7.81. The summed E-state index contributed by atoms with van der Waals surface area (Å²) in [5.41, 5.74) is 0.406. The van der Waals surface area contributed by atoms with Crippen molar-refractivity contribution in [2.24, 2.45) is 11.8 Å². The molecule has 2 amide bonds. The van der Waals surface area contributed by atoms with Crippen molar-refractivity contribution >= 4 is 28.6 Å². The second-order valence-electron chi connectivity index (χ2n) is 11.2.